The molecule has 27 heavy (non-hydrogen) atoms. The molecule has 2 saturated heterocycles. The van der Waals surface area contributed by atoms with Crippen molar-refractivity contribution in [3.05, 3.63) is 35.9 Å². The molecule has 7 nitrogen and oxygen atoms in total. The molecule has 2 aliphatic rings. The molecule has 1 aromatic rings. The molecular formula is C19H24N2O5S. The van der Waals surface area contributed by atoms with Gasteiger partial charge in [-0.15, -0.1) is 0 Å². The SMILES string of the molecule is CC(C)(C)OC(=O)C1(C)CN2C(=O)C(NC(=O)c3ccccc3)[C@H]2[S+]([O-])C1. The van der Waals surface area contributed by atoms with Crippen LogP contribution >= 0.6 is 0 Å². The van der Waals surface area contributed by atoms with Crippen LogP contribution in [-0.4, -0.2) is 56.6 Å². The predicted octanol–water partition coefficient (Wildman–Crippen LogP) is 1.06. The highest BCUT2D eigenvalue weighted by Crippen LogP contribution is 2.39. The minimum Gasteiger partial charge on any atom is -0.615 e. The number of nitrogens with one attached hydrogen (secondary N) is 1. The van der Waals surface area contributed by atoms with E-state index < -0.39 is 39.6 Å². The van der Waals surface area contributed by atoms with Crippen LogP contribution in [0.4, 0.5) is 0 Å². The van der Waals surface area contributed by atoms with Crippen LogP contribution in [0.15, 0.2) is 30.3 Å². The van der Waals surface area contributed by atoms with Crippen molar-refractivity contribution in [1.29, 1.82) is 0 Å². The molecule has 2 aliphatic heterocycles. The molecule has 0 radical (unpaired) electrons. The third-order valence-electron chi connectivity index (χ3n) is 4.61. The van der Waals surface area contributed by atoms with E-state index in [1.54, 1.807) is 58.0 Å². The van der Waals surface area contributed by atoms with Gasteiger partial charge in [-0.3, -0.25) is 19.3 Å². The number of hydrogen-bond donors (Lipinski definition) is 1. The summed E-state index contributed by atoms with van der Waals surface area (Å²) in [5.41, 5.74) is -1.26. The average molecular weight is 392 g/mol. The van der Waals surface area contributed by atoms with Crippen molar-refractivity contribution in [3.63, 3.8) is 0 Å². The van der Waals surface area contributed by atoms with Gasteiger partial charge in [0.25, 0.3) is 11.8 Å². The number of rotatable bonds is 3. The maximum Gasteiger partial charge on any atom is 0.318 e. The maximum atomic E-state index is 12.8. The first-order valence-corrected chi connectivity index (χ1v) is 10.2. The molecule has 1 aromatic carbocycles. The summed E-state index contributed by atoms with van der Waals surface area (Å²) in [4.78, 5) is 38.8. The van der Waals surface area contributed by atoms with Gasteiger partial charge in [0.15, 0.2) is 6.04 Å². The minimum atomic E-state index is -1.48. The van der Waals surface area contributed by atoms with Crippen LogP contribution in [0, 0.1) is 5.41 Å². The zero-order valence-electron chi connectivity index (χ0n) is 15.9. The zero-order valence-corrected chi connectivity index (χ0v) is 16.7. The van der Waals surface area contributed by atoms with Gasteiger partial charge in [-0.2, -0.15) is 0 Å². The van der Waals surface area contributed by atoms with Gasteiger partial charge in [-0.25, -0.2) is 0 Å². The number of carbonyl (C=O) groups excluding carboxylic acids is 3. The second-order valence-corrected chi connectivity index (χ2v) is 9.79. The predicted molar refractivity (Wildman–Crippen MR) is 100 cm³/mol. The number of β-lactam (4-membered cyclic amide) rings is 1. The molecule has 8 heteroatoms. The van der Waals surface area contributed by atoms with Crippen LogP contribution in [0.25, 0.3) is 0 Å². The molecule has 2 heterocycles. The number of nitrogens with zero attached hydrogens (tertiary/aromatic N) is 1. The third kappa shape index (κ3) is 3.82. The van der Waals surface area contributed by atoms with Gasteiger partial charge in [0, 0.05) is 12.1 Å². The molecule has 2 fully saturated rings. The van der Waals surface area contributed by atoms with Crippen molar-refractivity contribution in [3.8, 4) is 0 Å². The highest BCUT2D eigenvalue weighted by atomic mass is 32.2. The van der Waals surface area contributed by atoms with Crippen molar-refractivity contribution in [2.45, 2.75) is 44.7 Å². The zero-order chi connectivity index (χ0) is 20.0. The average Bonchev–Trinajstić information content (AvgIpc) is 2.58. The van der Waals surface area contributed by atoms with E-state index in [0.29, 0.717) is 5.56 Å². The molecule has 0 aliphatic carbocycles. The number of esters is 1. The minimum absolute atomic E-state index is 0.0913. The van der Waals surface area contributed by atoms with Crippen LogP contribution in [-0.2, 0) is 25.5 Å². The summed E-state index contributed by atoms with van der Waals surface area (Å²) >= 11 is -1.48. The lowest BCUT2D eigenvalue weighted by Gasteiger charge is -2.53. The van der Waals surface area contributed by atoms with Crippen LogP contribution in [0.1, 0.15) is 38.1 Å². The summed E-state index contributed by atoms with van der Waals surface area (Å²) < 4.78 is 18.2. The highest BCUT2D eigenvalue weighted by molar-refractivity contribution is 7.92. The van der Waals surface area contributed by atoms with Gasteiger partial charge in [-0.1, -0.05) is 18.2 Å². The Labute approximate surface area is 161 Å². The lowest BCUT2D eigenvalue weighted by atomic mass is 9.89. The second kappa shape index (κ2) is 6.83. The first kappa shape index (κ1) is 19.7. The number of benzene rings is 1. The number of amides is 2. The molecule has 0 saturated carbocycles. The van der Waals surface area contributed by atoms with E-state index in [-0.39, 0.29) is 24.1 Å². The summed E-state index contributed by atoms with van der Waals surface area (Å²) in [6.07, 6.45) is 0. The number of fused-ring (bicyclic) bond motifs is 1. The van der Waals surface area contributed by atoms with Gasteiger partial charge in [0.2, 0.25) is 5.37 Å². The van der Waals surface area contributed by atoms with Crippen LogP contribution in [0.5, 0.6) is 0 Å². The van der Waals surface area contributed by atoms with E-state index in [9.17, 15) is 18.9 Å². The van der Waals surface area contributed by atoms with Gasteiger partial charge in [-0.05, 0) is 51.0 Å². The lowest BCUT2D eigenvalue weighted by Crippen LogP contribution is -2.78. The highest BCUT2D eigenvalue weighted by Gasteiger charge is 2.63. The van der Waals surface area contributed by atoms with Crippen molar-refractivity contribution in [2.24, 2.45) is 5.41 Å². The van der Waals surface area contributed by atoms with Gasteiger partial charge < -0.3 is 14.6 Å². The molecule has 0 spiro atoms. The monoisotopic (exact) mass is 392 g/mol. The van der Waals surface area contributed by atoms with E-state index in [1.807, 2.05) is 0 Å². The lowest BCUT2D eigenvalue weighted by molar-refractivity contribution is -0.170. The Morgan fingerprint density at radius 3 is 2.52 bits per heavy atom. The smallest absolute Gasteiger partial charge is 0.318 e. The Morgan fingerprint density at radius 2 is 1.93 bits per heavy atom. The van der Waals surface area contributed by atoms with Crippen molar-refractivity contribution in [2.75, 3.05) is 12.3 Å². The fraction of sp³-hybridized carbons (Fsp3) is 0.526. The van der Waals surface area contributed by atoms with Crippen molar-refractivity contribution >= 4 is 29.0 Å². The third-order valence-corrected chi connectivity index (χ3v) is 6.59. The molecule has 1 N–H and O–H groups in total. The fourth-order valence-corrected chi connectivity index (χ4v) is 5.24. The first-order chi connectivity index (χ1) is 12.5. The largest absolute Gasteiger partial charge is 0.615 e. The van der Waals surface area contributed by atoms with Crippen molar-refractivity contribution < 1.29 is 23.7 Å². The number of carbonyl (C=O) groups is 3. The summed E-state index contributed by atoms with van der Waals surface area (Å²) in [7, 11) is 0. The standard InChI is InChI=1S/C19H24N2O5S/c1-18(2,3)26-17(24)19(4)10-21-15(23)13(16(21)27(25)11-19)20-14(22)12-8-6-5-7-9-12/h5-9,13,16H,10-11H2,1-4H3,(H,20,22)/t13?,16-,19?,27?/m1/s1. The Kier molecular flexibility index (Phi) is 4.98. The molecule has 3 unspecified atom stereocenters. The Morgan fingerprint density at radius 1 is 1.30 bits per heavy atom. The quantitative estimate of drug-likeness (QED) is 0.471. The van der Waals surface area contributed by atoms with E-state index in [4.69, 9.17) is 4.74 Å². The molecular weight excluding hydrogens is 368 g/mol. The molecule has 3 rings (SSSR count). The molecule has 0 bridgehead atoms. The first-order valence-electron chi connectivity index (χ1n) is 8.79. The van der Waals surface area contributed by atoms with E-state index in [0.717, 1.165) is 0 Å². The second-order valence-electron chi connectivity index (χ2n) is 8.26. The Hall–Kier alpha value is -2.06. The van der Waals surface area contributed by atoms with Crippen LogP contribution < -0.4 is 5.32 Å². The number of ether oxygens (including phenoxy) is 1. The van der Waals surface area contributed by atoms with Gasteiger partial charge in [0.1, 0.15) is 16.8 Å². The summed E-state index contributed by atoms with van der Waals surface area (Å²) in [5.74, 6) is -1.08. The topological polar surface area (TPSA) is 98.8 Å². The maximum absolute atomic E-state index is 12.8. The van der Waals surface area contributed by atoms with E-state index in [1.165, 1.54) is 4.90 Å². The molecule has 2 amide bonds. The van der Waals surface area contributed by atoms with E-state index >= 15 is 0 Å². The summed E-state index contributed by atoms with van der Waals surface area (Å²) in [6, 6.07) is 7.72. The summed E-state index contributed by atoms with van der Waals surface area (Å²) in [5, 5.41) is 2.06. The Bertz CT molecular complexity index is 763. The van der Waals surface area contributed by atoms with E-state index in [2.05, 4.69) is 5.32 Å². The van der Waals surface area contributed by atoms with Crippen LogP contribution in [0.3, 0.4) is 0 Å². The van der Waals surface area contributed by atoms with Gasteiger partial charge >= 0.3 is 5.97 Å². The molecule has 4 atom stereocenters. The van der Waals surface area contributed by atoms with Crippen LogP contribution in [0.2, 0.25) is 0 Å². The molecule has 0 aromatic heterocycles. The normalized spacial score (nSPS) is 30.2. The fourth-order valence-electron chi connectivity index (χ4n) is 3.28. The Balaban J connectivity index is 1.69. The summed E-state index contributed by atoms with van der Waals surface area (Å²) in [6.45, 7) is 7.09. The van der Waals surface area contributed by atoms with Crippen molar-refractivity contribution in [1.82, 2.24) is 10.2 Å². The number of hydrogen-bond acceptors (Lipinski definition) is 5. The molecule has 146 valence electrons. The van der Waals surface area contributed by atoms with Gasteiger partial charge in [0.05, 0.1) is 0 Å².